The van der Waals surface area contributed by atoms with Crippen LogP contribution in [0.25, 0.3) is 6.08 Å². The summed E-state index contributed by atoms with van der Waals surface area (Å²) in [6, 6.07) is 4.78. The lowest BCUT2D eigenvalue weighted by atomic mass is 10.1. The zero-order valence-electron chi connectivity index (χ0n) is 12.4. The van der Waals surface area contributed by atoms with E-state index in [1.165, 1.54) is 23.5 Å². The first-order valence-corrected chi connectivity index (χ1v) is 7.85. The van der Waals surface area contributed by atoms with E-state index in [-0.39, 0.29) is 21.3 Å². The van der Waals surface area contributed by atoms with Crippen molar-refractivity contribution in [2.45, 2.75) is 20.3 Å². The molecule has 1 aromatic carbocycles. The Bertz CT molecular complexity index is 825. The maximum Gasteiger partial charge on any atom is 0.268 e. The predicted molar refractivity (Wildman–Crippen MR) is 87.7 cm³/mol. The van der Waals surface area contributed by atoms with Crippen molar-refractivity contribution < 1.29 is 9.18 Å². The number of anilines is 1. The standard InChI is InChI=1S/C15H12ClFN4OS/c1-3-12-20-21-15(23-12)19-14(22)9(7-18)6-10-11(16)5-4-8(2)13(10)17/h4-6H,3H2,1-2H3,(H,19,21,22). The summed E-state index contributed by atoms with van der Waals surface area (Å²) >= 11 is 7.16. The lowest BCUT2D eigenvalue weighted by Crippen LogP contribution is -2.13. The van der Waals surface area contributed by atoms with Gasteiger partial charge in [0.05, 0.1) is 5.02 Å². The van der Waals surface area contributed by atoms with Gasteiger partial charge in [-0.2, -0.15) is 5.26 Å². The Morgan fingerprint density at radius 3 is 2.87 bits per heavy atom. The highest BCUT2D eigenvalue weighted by atomic mass is 35.5. The maximum absolute atomic E-state index is 14.1. The Morgan fingerprint density at radius 1 is 1.52 bits per heavy atom. The highest BCUT2D eigenvalue weighted by Crippen LogP contribution is 2.25. The fourth-order valence-electron chi connectivity index (χ4n) is 1.72. The molecule has 0 atom stereocenters. The van der Waals surface area contributed by atoms with E-state index < -0.39 is 11.7 Å². The average Bonchev–Trinajstić information content (AvgIpc) is 2.99. The molecule has 0 aliphatic carbocycles. The lowest BCUT2D eigenvalue weighted by Gasteiger charge is -2.05. The van der Waals surface area contributed by atoms with Gasteiger partial charge >= 0.3 is 0 Å². The topological polar surface area (TPSA) is 78.7 Å². The summed E-state index contributed by atoms with van der Waals surface area (Å²) in [5.74, 6) is -1.26. The van der Waals surface area contributed by atoms with E-state index in [1.54, 1.807) is 13.0 Å². The Hall–Kier alpha value is -2.30. The summed E-state index contributed by atoms with van der Waals surface area (Å²) < 4.78 is 14.1. The number of nitrogens with one attached hydrogen (secondary N) is 1. The fraction of sp³-hybridized carbons (Fsp3) is 0.200. The van der Waals surface area contributed by atoms with Crippen LogP contribution in [0.15, 0.2) is 17.7 Å². The average molecular weight is 351 g/mol. The molecule has 0 aliphatic rings. The highest BCUT2D eigenvalue weighted by Gasteiger charge is 2.15. The highest BCUT2D eigenvalue weighted by molar-refractivity contribution is 7.15. The van der Waals surface area contributed by atoms with Gasteiger partial charge in [-0.25, -0.2) is 4.39 Å². The molecule has 1 amide bonds. The molecule has 2 rings (SSSR count). The lowest BCUT2D eigenvalue weighted by molar-refractivity contribution is -0.112. The monoisotopic (exact) mass is 350 g/mol. The Kier molecular flexibility index (Phi) is 5.42. The number of carbonyl (C=O) groups is 1. The number of aromatic nitrogens is 2. The van der Waals surface area contributed by atoms with Crippen LogP contribution in [0, 0.1) is 24.1 Å². The second-order valence-corrected chi connectivity index (χ2v) is 6.04. The SMILES string of the molecule is CCc1nnc(NC(=O)C(C#N)=Cc2c(Cl)ccc(C)c2F)s1. The van der Waals surface area contributed by atoms with Crippen LogP contribution in [0.3, 0.4) is 0 Å². The van der Waals surface area contributed by atoms with Crippen molar-refractivity contribution in [3.63, 3.8) is 0 Å². The molecular weight excluding hydrogens is 339 g/mol. The van der Waals surface area contributed by atoms with E-state index >= 15 is 0 Å². The molecule has 1 aromatic heterocycles. The van der Waals surface area contributed by atoms with Gasteiger partial charge in [-0.3, -0.25) is 10.1 Å². The molecule has 0 spiro atoms. The molecule has 0 radical (unpaired) electrons. The van der Waals surface area contributed by atoms with Crippen molar-refractivity contribution >= 4 is 40.1 Å². The van der Waals surface area contributed by atoms with Crippen LogP contribution in [0.1, 0.15) is 23.1 Å². The fourth-order valence-corrected chi connectivity index (χ4v) is 2.59. The molecule has 1 N–H and O–H groups in total. The summed E-state index contributed by atoms with van der Waals surface area (Å²) in [7, 11) is 0. The number of carbonyl (C=O) groups excluding carboxylic acids is 1. The van der Waals surface area contributed by atoms with E-state index in [1.807, 2.05) is 6.92 Å². The van der Waals surface area contributed by atoms with Crippen molar-refractivity contribution in [1.82, 2.24) is 10.2 Å². The number of halogens is 2. The Labute approximate surface area is 141 Å². The summed E-state index contributed by atoms with van der Waals surface area (Å²) in [6.07, 6.45) is 1.82. The van der Waals surface area contributed by atoms with Gasteiger partial charge in [0.15, 0.2) is 0 Å². The number of amides is 1. The van der Waals surface area contributed by atoms with Gasteiger partial charge in [-0.1, -0.05) is 35.9 Å². The van der Waals surface area contributed by atoms with E-state index in [9.17, 15) is 9.18 Å². The minimum atomic E-state index is -0.691. The first kappa shape index (κ1) is 17.1. The van der Waals surface area contributed by atoms with Crippen LogP contribution in [0.4, 0.5) is 9.52 Å². The van der Waals surface area contributed by atoms with Gasteiger partial charge in [-0.15, -0.1) is 10.2 Å². The van der Waals surface area contributed by atoms with E-state index in [4.69, 9.17) is 16.9 Å². The van der Waals surface area contributed by atoms with E-state index in [0.29, 0.717) is 12.0 Å². The van der Waals surface area contributed by atoms with Gasteiger partial charge in [-0.05, 0) is 31.1 Å². The Morgan fingerprint density at radius 2 is 2.26 bits per heavy atom. The van der Waals surface area contributed by atoms with Crippen molar-refractivity contribution in [2.75, 3.05) is 5.32 Å². The van der Waals surface area contributed by atoms with Crippen molar-refractivity contribution in [3.05, 3.63) is 44.7 Å². The molecule has 2 aromatic rings. The smallest absolute Gasteiger partial charge is 0.268 e. The summed E-state index contributed by atoms with van der Waals surface area (Å²) in [6.45, 7) is 3.48. The minimum absolute atomic E-state index is 0.00452. The van der Waals surface area contributed by atoms with Gasteiger partial charge in [0, 0.05) is 5.56 Å². The van der Waals surface area contributed by atoms with Crippen molar-refractivity contribution in [1.29, 1.82) is 5.26 Å². The van der Waals surface area contributed by atoms with Crippen LogP contribution < -0.4 is 5.32 Å². The molecule has 5 nitrogen and oxygen atoms in total. The second-order valence-electron chi connectivity index (χ2n) is 4.57. The molecule has 23 heavy (non-hydrogen) atoms. The van der Waals surface area contributed by atoms with Gasteiger partial charge < -0.3 is 0 Å². The predicted octanol–water partition coefficient (Wildman–Crippen LogP) is 3.75. The van der Waals surface area contributed by atoms with Crippen LogP contribution in [0.2, 0.25) is 5.02 Å². The molecule has 0 fully saturated rings. The molecule has 0 bridgehead atoms. The first-order valence-electron chi connectivity index (χ1n) is 6.66. The van der Waals surface area contributed by atoms with Gasteiger partial charge in [0.2, 0.25) is 5.13 Å². The molecule has 8 heteroatoms. The first-order chi connectivity index (χ1) is 11.0. The number of hydrogen-bond acceptors (Lipinski definition) is 5. The summed E-state index contributed by atoms with van der Waals surface area (Å²) in [5.41, 5.74) is 0.101. The zero-order chi connectivity index (χ0) is 17.0. The van der Waals surface area contributed by atoms with Crippen LogP contribution in [0.5, 0.6) is 0 Å². The molecule has 0 aliphatic heterocycles. The minimum Gasteiger partial charge on any atom is -0.296 e. The quantitative estimate of drug-likeness (QED) is 0.672. The molecule has 1 heterocycles. The third-order valence-electron chi connectivity index (χ3n) is 2.96. The van der Waals surface area contributed by atoms with E-state index in [0.717, 1.165) is 11.1 Å². The Balaban J connectivity index is 2.30. The van der Waals surface area contributed by atoms with Crippen LogP contribution in [-0.4, -0.2) is 16.1 Å². The summed E-state index contributed by atoms with van der Waals surface area (Å²) in [5, 5.41) is 20.5. The molecular formula is C15H12ClFN4OS. The number of nitriles is 1. The zero-order valence-corrected chi connectivity index (χ0v) is 13.9. The largest absolute Gasteiger partial charge is 0.296 e. The molecule has 0 unspecified atom stereocenters. The molecule has 0 saturated heterocycles. The van der Waals surface area contributed by atoms with Gasteiger partial charge in [0.25, 0.3) is 5.91 Å². The third-order valence-corrected chi connectivity index (χ3v) is 4.28. The van der Waals surface area contributed by atoms with E-state index in [2.05, 4.69) is 15.5 Å². The number of nitrogens with zero attached hydrogens (tertiary/aromatic N) is 3. The third kappa shape index (κ3) is 3.92. The normalized spacial score (nSPS) is 11.2. The van der Waals surface area contributed by atoms with Crippen molar-refractivity contribution in [2.24, 2.45) is 0 Å². The van der Waals surface area contributed by atoms with Crippen LogP contribution >= 0.6 is 22.9 Å². The summed E-state index contributed by atoms with van der Waals surface area (Å²) in [4.78, 5) is 12.1. The maximum atomic E-state index is 14.1. The van der Waals surface area contributed by atoms with Crippen LogP contribution in [-0.2, 0) is 11.2 Å². The number of benzene rings is 1. The number of aryl methyl sites for hydroxylation is 2. The number of hydrogen-bond donors (Lipinski definition) is 1. The number of rotatable bonds is 4. The van der Waals surface area contributed by atoms with Gasteiger partial charge in [0.1, 0.15) is 22.5 Å². The molecule has 0 saturated carbocycles. The molecule has 118 valence electrons. The second kappa shape index (κ2) is 7.31. The van der Waals surface area contributed by atoms with Crippen molar-refractivity contribution in [3.8, 4) is 6.07 Å².